The van der Waals surface area contributed by atoms with Gasteiger partial charge in [-0.25, -0.2) is 14.2 Å². The summed E-state index contributed by atoms with van der Waals surface area (Å²) in [6, 6.07) is 5.88. The van der Waals surface area contributed by atoms with Crippen LogP contribution in [-0.4, -0.2) is 69.3 Å². The molecule has 0 bridgehead atoms. The Labute approximate surface area is 177 Å². The molecule has 1 aromatic carbocycles. The van der Waals surface area contributed by atoms with E-state index >= 15 is 0 Å². The van der Waals surface area contributed by atoms with Crippen LogP contribution in [0.15, 0.2) is 35.9 Å². The quantitative estimate of drug-likeness (QED) is 0.156. The number of nitrogens with two attached hydrogens (primary N) is 1. The molecule has 0 saturated carbocycles. The van der Waals surface area contributed by atoms with Crippen molar-refractivity contribution in [1.82, 2.24) is 0 Å². The van der Waals surface area contributed by atoms with E-state index in [0.29, 0.717) is 0 Å². The Morgan fingerprint density at radius 2 is 1.87 bits per heavy atom. The van der Waals surface area contributed by atoms with Gasteiger partial charge in [0.05, 0.1) is 5.56 Å². The molecule has 6 N–H and O–H groups in total. The fraction of sp³-hybridized carbons (Fsp3) is 0.444. The van der Waals surface area contributed by atoms with Crippen LogP contribution >= 0.6 is 7.82 Å². The summed E-state index contributed by atoms with van der Waals surface area (Å²) in [5.41, 5.74) is 5.99. The lowest BCUT2D eigenvalue weighted by molar-refractivity contribution is -0.283. The molecule has 1 aromatic rings. The van der Waals surface area contributed by atoms with Crippen molar-refractivity contribution in [2.75, 3.05) is 12.3 Å². The number of para-hydroxylation sites is 1. The van der Waals surface area contributed by atoms with Crippen molar-refractivity contribution in [3.63, 3.8) is 0 Å². The minimum absolute atomic E-state index is 0.0523. The summed E-state index contributed by atoms with van der Waals surface area (Å²) < 4.78 is 31.2. The third-order valence-corrected chi connectivity index (χ3v) is 4.96. The first-order valence-corrected chi connectivity index (χ1v) is 10.6. The summed E-state index contributed by atoms with van der Waals surface area (Å²) >= 11 is 0. The van der Waals surface area contributed by atoms with Gasteiger partial charge >= 0.3 is 19.8 Å². The fourth-order valence-corrected chi connectivity index (χ4v) is 3.23. The number of ether oxygens (including phenoxy) is 3. The van der Waals surface area contributed by atoms with Crippen molar-refractivity contribution in [3.05, 3.63) is 41.5 Å². The molecule has 0 amide bonds. The summed E-state index contributed by atoms with van der Waals surface area (Å²) in [4.78, 5) is 42.5. The number of nitrogen functional groups attached to an aromatic ring is 1. The van der Waals surface area contributed by atoms with Gasteiger partial charge in [0, 0.05) is 11.3 Å². The normalized spacial score (nSPS) is 26.9. The zero-order valence-electron chi connectivity index (χ0n) is 16.7. The maximum atomic E-state index is 12.4. The molecular weight excluding hydrogens is 437 g/mol. The van der Waals surface area contributed by atoms with Gasteiger partial charge in [0.2, 0.25) is 6.29 Å². The van der Waals surface area contributed by atoms with E-state index in [1.54, 1.807) is 13.0 Å². The Kier molecular flexibility index (Phi) is 8.32. The fourth-order valence-electron chi connectivity index (χ4n) is 2.66. The molecule has 0 aromatic heterocycles. The molecule has 1 aliphatic heterocycles. The third kappa shape index (κ3) is 6.58. The van der Waals surface area contributed by atoms with Crippen molar-refractivity contribution >= 4 is 25.4 Å². The summed E-state index contributed by atoms with van der Waals surface area (Å²) in [6.45, 7) is 2.51. The number of carbonyl (C=O) groups is 2. The highest BCUT2D eigenvalue weighted by Gasteiger charge is 2.50. The van der Waals surface area contributed by atoms with E-state index in [9.17, 15) is 24.4 Å². The summed E-state index contributed by atoms with van der Waals surface area (Å²) in [5.74, 6) is -1.74. The van der Waals surface area contributed by atoms with E-state index in [-0.39, 0.29) is 16.8 Å². The number of rotatable bonds is 7. The SMILES string of the molecule is C/C=C(\C)C(=O)OC[C@H]1O[C@@H](OC(=O)c2ccccc2N)[C@H](O)[C@@H](OP(=O)(O)O)[C@@H]1O. The number of phosphoric ester groups is 1. The number of hydrogen-bond acceptors (Lipinski definition) is 10. The molecule has 1 aliphatic rings. The van der Waals surface area contributed by atoms with Gasteiger partial charge in [0.15, 0.2) is 0 Å². The smallest absolute Gasteiger partial charge is 0.459 e. The van der Waals surface area contributed by atoms with Gasteiger partial charge in [-0.05, 0) is 26.0 Å². The third-order valence-electron chi connectivity index (χ3n) is 4.44. The minimum Gasteiger partial charge on any atom is -0.459 e. The Balaban J connectivity index is 2.23. The number of aliphatic hydroxyl groups is 2. The van der Waals surface area contributed by atoms with Gasteiger partial charge in [-0.1, -0.05) is 18.2 Å². The maximum Gasteiger partial charge on any atom is 0.470 e. The largest absolute Gasteiger partial charge is 0.470 e. The van der Waals surface area contributed by atoms with E-state index in [2.05, 4.69) is 4.52 Å². The Hall–Kier alpha value is -2.31. The van der Waals surface area contributed by atoms with Gasteiger partial charge in [0.25, 0.3) is 0 Å². The van der Waals surface area contributed by atoms with Crippen molar-refractivity contribution in [2.45, 2.75) is 44.6 Å². The molecule has 13 heteroatoms. The first-order chi connectivity index (χ1) is 14.4. The zero-order valence-corrected chi connectivity index (χ0v) is 17.5. The van der Waals surface area contributed by atoms with Crippen LogP contribution in [0.1, 0.15) is 24.2 Å². The topological polar surface area (TPSA) is 195 Å². The monoisotopic (exact) mass is 461 g/mol. The molecule has 1 fully saturated rings. The van der Waals surface area contributed by atoms with E-state index in [0.717, 1.165) is 0 Å². The highest BCUT2D eigenvalue weighted by atomic mass is 31.2. The average Bonchev–Trinajstić information content (AvgIpc) is 2.70. The number of anilines is 1. The highest BCUT2D eigenvalue weighted by molar-refractivity contribution is 7.46. The second-order valence-corrected chi connectivity index (χ2v) is 7.84. The van der Waals surface area contributed by atoms with Crippen LogP contribution in [0.5, 0.6) is 0 Å². The number of carbonyl (C=O) groups excluding carboxylic acids is 2. The summed E-state index contributed by atoms with van der Waals surface area (Å²) in [5, 5.41) is 20.7. The minimum atomic E-state index is -5.17. The van der Waals surface area contributed by atoms with Gasteiger partial charge in [-0.2, -0.15) is 0 Å². The molecule has 0 spiro atoms. The predicted molar refractivity (Wildman–Crippen MR) is 104 cm³/mol. The van der Waals surface area contributed by atoms with Crippen LogP contribution in [0.4, 0.5) is 5.69 Å². The molecule has 0 radical (unpaired) electrons. The second-order valence-electron chi connectivity index (χ2n) is 6.65. The van der Waals surface area contributed by atoms with Gasteiger partial charge in [-0.15, -0.1) is 0 Å². The molecule has 1 saturated heterocycles. The van der Waals surface area contributed by atoms with Gasteiger partial charge in [0.1, 0.15) is 31.0 Å². The first kappa shape index (κ1) is 25.0. The van der Waals surface area contributed by atoms with Crippen molar-refractivity contribution < 1.29 is 52.9 Å². The zero-order chi connectivity index (χ0) is 23.3. The molecule has 1 heterocycles. The maximum absolute atomic E-state index is 12.4. The number of esters is 2. The van der Waals surface area contributed by atoms with E-state index in [1.807, 2.05) is 0 Å². The molecule has 0 aliphatic carbocycles. The predicted octanol–water partition coefficient (Wildman–Crippen LogP) is -0.140. The van der Waals surface area contributed by atoms with Crippen LogP contribution in [0.25, 0.3) is 0 Å². The molecular formula is C18H24NO11P. The molecule has 12 nitrogen and oxygen atoms in total. The molecule has 172 valence electrons. The van der Waals surface area contributed by atoms with Crippen LogP contribution in [-0.2, 0) is 28.1 Å². The lowest BCUT2D eigenvalue weighted by Gasteiger charge is -2.41. The molecule has 31 heavy (non-hydrogen) atoms. The van der Waals surface area contributed by atoms with Crippen molar-refractivity contribution in [1.29, 1.82) is 0 Å². The Morgan fingerprint density at radius 3 is 2.45 bits per heavy atom. The average molecular weight is 461 g/mol. The number of phosphoric acid groups is 1. The first-order valence-electron chi connectivity index (χ1n) is 9.05. The van der Waals surface area contributed by atoms with Crippen molar-refractivity contribution in [2.24, 2.45) is 0 Å². The van der Waals surface area contributed by atoms with E-state index in [4.69, 9.17) is 29.7 Å². The van der Waals surface area contributed by atoms with Gasteiger partial charge < -0.3 is 39.9 Å². The lowest BCUT2D eigenvalue weighted by atomic mass is 9.99. The summed E-state index contributed by atoms with van der Waals surface area (Å²) in [6.07, 6.45) is -7.53. The Bertz CT molecular complexity index is 883. The lowest BCUT2D eigenvalue weighted by Crippen LogP contribution is -2.60. The molecule has 0 unspecified atom stereocenters. The second kappa shape index (κ2) is 10.3. The van der Waals surface area contributed by atoms with E-state index < -0.39 is 57.1 Å². The van der Waals surface area contributed by atoms with E-state index in [1.165, 1.54) is 31.2 Å². The van der Waals surface area contributed by atoms with Crippen LogP contribution in [0.3, 0.4) is 0 Å². The number of benzene rings is 1. The standard InChI is InChI=1S/C18H24NO11P/c1-3-9(2)16(22)27-8-12-13(20)15(30-31(24,25)26)14(21)18(28-12)29-17(23)10-6-4-5-7-11(10)19/h3-7,12-15,18,20-21H,8,19H2,1-2H3,(H2,24,25,26)/b9-3+/t12-,13-,14-,15+,18+/m1/s1. The van der Waals surface area contributed by atoms with Crippen LogP contribution in [0.2, 0.25) is 0 Å². The highest BCUT2D eigenvalue weighted by Crippen LogP contribution is 2.41. The Morgan fingerprint density at radius 1 is 1.23 bits per heavy atom. The number of allylic oxidation sites excluding steroid dienone is 1. The number of hydrogen-bond donors (Lipinski definition) is 5. The number of aliphatic hydroxyl groups excluding tert-OH is 2. The molecule has 2 rings (SSSR count). The van der Waals surface area contributed by atoms with Crippen molar-refractivity contribution in [3.8, 4) is 0 Å². The molecule has 5 atom stereocenters. The summed E-state index contributed by atoms with van der Waals surface area (Å²) in [7, 11) is -5.17. The van der Waals surface area contributed by atoms with Gasteiger partial charge in [-0.3, -0.25) is 4.52 Å². The van der Waals surface area contributed by atoms with Crippen LogP contribution in [0, 0.1) is 0 Å². The van der Waals surface area contributed by atoms with Crippen LogP contribution < -0.4 is 5.73 Å².